The zero-order valence-electron chi connectivity index (χ0n) is 13.4. The first-order chi connectivity index (χ1) is 9.96. The van der Waals surface area contributed by atoms with Gasteiger partial charge in [0.05, 0.1) is 5.41 Å². The highest BCUT2D eigenvalue weighted by Gasteiger charge is 2.43. The molecule has 1 saturated heterocycles. The monoisotopic (exact) mass is 295 g/mol. The molecule has 0 spiro atoms. The van der Waals surface area contributed by atoms with Crippen LogP contribution in [-0.2, 0) is 9.59 Å². The van der Waals surface area contributed by atoms with E-state index in [1.807, 2.05) is 0 Å². The Balaban J connectivity index is 1.92. The van der Waals surface area contributed by atoms with Crippen molar-refractivity contribution in [2.75, 3.05) is 13.1 Å². The van der Waals surface area contributed by atoms with Gasteiger partial charge in [0, 0.05) is 19.0 Å². The van der Waals surface area contributed by atoms with Crippen LogP contribution in [-0.4, -0.2) is 35.0 Å². The molecule has 1 aliphatic heterocycles. The Hall–Kier alpha value is -1.06. The van der Waals surface area contributed by atoms with E-state index in [-0.39, 0.29) is 11.8 Å². The van der Waals surface area contributed by atoms with Crippen LogP contribution in [0.2, 0.25) is 0 Å². The molecule has 4 nitrogen and oxygen atoms in total. The van der Waals surface area contributed by atoms with E-state index < -0.39 is 11.4 Å². The average Bonchev–Trinajstić information content (AvgIpc) is 2.89. The lowest BCUT2D eigenvalue weighted by Crippen LogP contribution is -2.38. The van der Waals surface area contributed by atoms with Gasteiger partial charge in [0.1, 0.15) is 0 Å². The molecule has 120 valence electrons. The van der Waals surface area contributed by atoms with E-state index in [0.717, 1.165) is 12.8 Å². The molecule has 2 aliphatic rings. The minimum absolute atomic E-state index is 0.0873. The Morgan fingerprint density at radius 1 is 1.29 bits per heavy atom. The van der Waals surface area contributed by atoms with E-state index in [4.69, 9.17) is 0 Å². The zero-order chi connectivity index (χ0) is 15.5. The lowest BCUT2D eigenvalue weighted by molar-refractivity contribution is -0.147. The molecule has 2 rings (SSSR count). The first-order valence-electron chi connectivity index (χ1n) is 8.48. The highest BCUT2D eigenvalue weighted by Crippen LogP contribution is 2.34. The summed E-state index contributed by atoms with van der Waals surface area (Å²) in [4.78, 5) is 25.8. The Bertz CT molecular complexity index is 389. The van der Waals surface area contributed by atoms with Crippen molar-refractivity contribution < 1.29 is 14.7 Å². The van der Waals surface area contributed by atoms with Crippen LogP contribution in [0.25, 0.3) is 0 Å². The fraction of sp³-hybridized carbons (Fsp3) is 0.882. The maximum atomic E-state index is 12.7. The number of hydrogen-bond donors (Lipinski definition) is 1. The number of amides is 1. The van der Waals surface area contributed by atoms with Gasteiger partial charge in [0.15, 0.2) is 0 Å². The SMILES string of the molecule is CCC(CC1CCCCC1)C(=O)N1CCC(C)(C(=O)O)C1. The van der Waals surface area contributed by atoms with Crippen molar-refractivity contribution in [2.24, 2.45) is 17.3 Å². The first kappa shape index (κ1) is 16.3. The molecule has 0 aromatic carbocycles. The van der Waals surface area contributed by atoms with Gasteiger partial charge in [-0.1, -0.05) is 39.0 Å². The van der Waals surface area contributed by atoms with E-state index in [1.165, 1.54) is 32.1 Å². The normalized spacial score (nSPS) is 28.6. The number of aliphatic carboxylic acids is 1. The van der Waals surface area contributed by atoms with Crippen LogP contribution in [0.4, 0.5) is 0 Å². The van der Waals surface area contributed by atoms with Crippen molar-refractivity contribution in [3.05, 3.63) is 0 Å². The van der Waals surface area contributed by atoms with E-state index in [2.05, 4.69) is 6.92 Å². The van der Waals surface area contributed by atoms with Gasteiger partial charge in [-0.2, -0.15) is 0 Å². The maximum absolute atomic E-state index is 12.7. The van der Waals surface area contributed by atoms with E-state index in [1.54, 1.807) is 11.8 Å². The molecule has 1 aliphatic carbocycles. The van der Waals surface area contributed by atoms with Crippen molar-refractivity contribution in [1.29, 1.82) is 0 Å². The highest BCUT2D eigenvalue weighted by atomic mass is 16.4. The maximum Gasteiger partial charge on any atom is 0.311 e. The smallest absolute Gasteiger partial charge is 0.311 e. The third-order valence-electron chi connectivity index (χ3n) is 5.49. The van der Waals surface area contributed by atoms with Crippen molar-refractivity contribution in [3.8, 4) is 0 Å². The second kappa shape index (κ2) is 6.80. The molecule has 4 heteroatoms. The standard InChI is InChI=1S/C17H29NO3/c1-3-14(11-13-7-5-4-6-8-13)15(19)18-10-9-17(2,12-18)16(20)21/h13-14H,3-12H2,1-2H3,(H,20,21). The predicted molar refractivity (Wildman–Crippen MR) is 81.9 cm³/mol. The molecule has 1 heterocycles. The van der Waals surface area contributed by atoms with Crippen LogP contribution in [0.3, 0.4) is 0 Å². The molecule has 1 amide bonds. The number of rotatable bonds is 5. The van der Waals surface area contributed by atoms with Crippen molar-refractivity contribution in [2.45, 2.75) is 65.2 Å². The van der Waals surface area contributed by atoms with Gasteiger partial charge in [-0.25, -0.2) is 0 Å². The number of carboxylic acids is 1. The Morgan fingerprint density at radius 2 is 1.95 bits per heavy atom. The summed E-state index contributed by atoms with van der Waals surface area (Å²) in [5, 5.41) is 9.29. The number of hydrogen-bond acceptors (Lipinski definition) is 2. The van der Waals surface area contributed by atoms with E-state index >= 15 is 0 Å². The molecule has 2 fully saturated rings. The summed E-state index contributed by atoms with van der Waals surface area (Å²) in [5.41, 5.74) is -0.751. The van der Waals surface area contributed by atoms with Crippen molar-refractivity contribution >= 4 is 11.9 Å². The van der Waals surface area contributed by atoms with Crippen LogP contribution in [0.15, 0.2) is 0 Å². The molecule has 0 aromatic rings. The number of nitrogens with zero attached hydrogens (tertiary/aromatic N) is 1. The molecule has 2 unspecified atom stereocenters. The molecular formula is C17H29NO3. The Morgan fingerprint density at radius 3 is 2.48 bits per heavy atom. The zero-order valence-corrected chi connectivity index (χ0v) is 13.4. The van der Waals surface area contributed by atoms with E-state index in [0.29, 0.717) is 25.4 Å². The van der Waals surface area contributed by atoms with E-state index in [9.17, 15) is 14.7 Å². The van der Waals surface area contributed by atoms with Gasteiger partial charge >= 0.3 is 5.97 Å². The summed E-state index contributed by atoms with van der Waals surface area (Å²) in [5.74, 6) is 0.191. The third-order valence-corrected chi connectivity index (χ3v) is 5.49. The summed E-state index contributed by atoms with van der Waals surface area (Å²) in [7, 11) is 0. The van der Waals surface area contributed by atoms with Crippen molar-refractivity contribution in [3.63, 3.8) is 0 Å². The Kier molecular flexibility index (Phi) is 5.28. The molecule has 2 atom stereocenters. The van der Waals surface area contributed by atoms with Crippen LogP contribution in [0.1, 0.15) is 65.2 Å². The number of likely N-dealkylation sites (tertiary alicyclic amines) is 1. The van der Waals surface area contributed by atoms with Gasteiger partial charge in [-0.05, 0) is 32.1 Å². The minimum atomic E-state index is -0.780. The highest BCUT2D eigenvalue weighted by molar-refractivity contribution is 5.82. The number of carbonyl (C=O) groups excluding carboxylic acids is 1. The van der Waals surface area contributed by atoms with Gasteiger partial charge in [-0.3, -0.25) is 9.59 Å². The largest absolute Gasteiger partial charge is 0.481 e. The molecule has 1 N–H and O–H groups in total. The summed E-state index contributed by atoms with van der Waals surface area (Å²) in [6, 6.07) is 0. The summed E-state index contributed by atoms with van der Waals surface area (Å²) >= 11 is 0. The Labute approximate surface area is 127 Å². The topological polar surface area (TPSA) is 57.6 Å². The number of carbonyl (C=O) groups is 2. The molecule has 0 aromatic heterocycles. The summed E-state index contributed by atoms with van der Waals surface area (Å²) in [6.45, 7) is 4.81. The molecular weight excluding hydrogens is 266 g/mol. The number of carboxylic acid groups (broad SMARTS) is 1. The lowest BCUT2D eigenvalue weighted by atomic mass is 9.81. The molecule has 0 radical (unpaired) electrons. The second-order valence-corrected chi connectivity index (χ2v) is 7.22. The lowest BCUT2D eigenvalue weighted by Gasteiger charge is -2.28. The molecule has 21 heavy (non-hydrogen) atoms. The second-order valence-electron chi connectivity index (χ2n) is 7.22. The van der Waals surface area contributed by atoms with Crippen molar-refractivity contribution in [1.82, 2.24) is 4.90 Å². The first-order valence-corrected chi connectivity index (χ1v) is 8.48. The molecule has 0 bridgehead atoms. The predicted octanol–water partition coefficient (Wildman–Crippen LogP) is 3.31. The minimum Gasteiger partial charge on any atom is -0.481 e. The summed E-state index contributed by atoms with van der Waals surface area (Å²) in [6.07, 6.45) is 8.91. The summed E-state index contributed by atoms with van der Waals surface area (Å²) < 4.78 is 0. The molecule has 1 saturated carbocycles. The quantitative estimate of drug-likeness (QED) is 0.846. The van der Waals surface area contributed by atoms with Crippen LogP contribution in [0.5, 0.6) is 0 Å². The third kappa shape index (κ3) is 3.78. The average molecular weight is 295 g/mol. The van der Waals surface area contributed by atoms with Gasteiger partial charge in [-0.15, -0.1) is 0 Å². The van der Waals surface area contributed by atoms with Crippen LogP contribution >= 0.6 is 0 Å². The van der Waals surface area contributed by atoms with Gasteiger partial charge < -0.3 is 10.0 Å². The van der Waals surface area contributed by atoms with Crippen LogP contribution < -0.4 is 0 Å². The van der Waals surface area contributed by atoms with Crippen LogP contribution in [0, 0.1) is 17.3 Å². The fourth-order valence-electron chi connectivity index (χ4n) is 3.85. The van der Waals surface area contributed by atoms with Gasteiger partial charge in [0.2, 0.25) is 5.91 Å². The fourth-order valence-corrected chi connectivity index (χ4v) is 3.85. The van der Waals surface area contributed by atoms with Gasteiger partial charge in [0.25, 0.3) is 0 Å².